The van der Waals surface area contributed by atoms with Gasteiger partial charge in [0.15, 0.2) is 11.5 Å². The first-order valence-electron chi connectivity index (χ1n) is 7.14. The smallest absolute Gasteiger partial charge is 0.265 e. The number of hydrogen-bond donors (Lipinski definition) is 1. The van der Waals surface area contributed by atoms with E-state index < -0.39 is 10.0 Å². The quantitative estimate of drug-likeness (QED) is 0.770. The highest BCUT2D eigenvalue weighted by Crippen LogP contribution is 2.34. The van der Waals surface area contributed by atoms with E-state index in [2.05, 4.69) is 9.71 Å². The molecule has 0 amide bonds. The third kappa shape index (κ3) is 2.98. The standard InChI is InChI=1S/C17H16N2O4S/c1-22-15-8-5-9-16(17(15)23-2)24(20,21)19-13-10-12-6-3-4-7-14(12)18-11-13/h3-11,19H,1-2H3. The lowest BCUT2D eigenvalue weighted by Crippen LogP contribution is -2.14. The second-order valence-corrected chi connectivity index (χ2v) is 6.66. The summed E-state index contributed by atoms with van der Waals surface area (Å²) in [4.78, 5) is 4.25. The highest BCUT2D eigenvalue weighted by Gasteiger charge is 2.22. The third-order valence-corrected chi connectivity index (χ3v) is 4.90. The lowest BCUT2D eigenvalue weighted by Gasteiger charge is -2.14. The van der Waals surface area contributed by atoms with Crippen molar-refractivity contribution in [3.05, 3.63) is 54.7 Å². The minimum absolute atomic E-state index is 0.00231. The molecule has 2 aromatic carbocycles. The van der Waals surface area contributed by atoms with E-state index in [1.807, 2.05) is 24.3 Å². The van der Waals surface area contributed by atoms with Gasteiger partial charge in [-0.3, -0.25) is 9.71 Å². The Hall–Kier alpha value is -2.80. The number of methoxy groups -OCH3 is 2. The first-order valence-corrected chi connectivity index (χ1v) is 8.62. The zero-order chi connectivity index (χ0) is 17.2. The van der Waals surface area contributed by atoms with Gasteiger partial charge in [-0.25, -0.2) is 8.42 Å². The maximum atomic E-state index is 12.7. The second-order valence-electron chi connectivity index (χ2n) is 5.01. The van der Waals surface area contributed by atoms with Crippen molar-refractivity contribution in [1.82, 2.24) is 4.98 Å². The van der Waals surface area contributed by atoms with Crippen LogP contribution < -0.4 is 14.2 Å². The molecular formula is C17H16N2O4S. The molecule has 7 heteroatoms. The van der Waals surface area contributed by atoms with Gasteiger partial charge in [-0.15, -0.1) is 0 Å². The molecule has 3 aromatic rings. The first kappa shape index (κ1) is 16.1. The Morgan fingerprint density at radius 3 is 2.54 bits per heavy atom. The minimum atomic E-state index is -3.85. The fourth-order valence-electron chi connectivity index (χ4n) is 2.41. The van der Waals surface area contributed by atoms with Gasteiger partial charge in [0.2, 0.25) is 0 Å². The van der Waals surface area contributed by atoms with Gasteiger partial charge in [0.25, 0.3) is 10.0 Å². The van der Waals surface area contributed by atoms with Crippen LogP contribution in [0.25, 0.3) is 10.9 Å². The van der Waals surface area contributed by atoms with Crippen molar-refractivity contribution in [2.24, 2.45) is 0 Å². The van der Waals surface area contributed by atoms with Gasteiger partial charge in [0, 0.05) is 5.39 Å². The molecule has 1 heterocycles. The molecule has 0 aliphatic carbocycles. The number of ether oxygens (including phenoxy) is 2. The van der Waals surface area contributed by atoms with Crippen LogP contribution >= 0.6 is 0 Å². The topological polar surface area (TPSA) is 77.5 Å². The number of nitrogens with zero attached hydrogens (tertiary/aromatic N) is 1. The molecule has 1 N–H and O–H groups in total. The monoisotopic (exact) mass is 344 g/mol. The van der Waals surface area contributed by atoms with Gasteiger partial charge < -0.3 is 9.47 Å². The molecule has 0 aliphatic rings. The summed E-state index contributed by atoms with van der Waals surface area (Å²) in [6, 6.07) is 13.9. The summed E-state index contributed by atoms with van der Waals surface area (Å²) in [5, 5.41) is 0.843. The minimum Gasteiger partial charge on any atom is -0.493 e. The number of sulfonamides is 1. The predicted octanol–water partition coefficient (Wildman–Crippen LogP) is 3.05. The van der Waals surface area contributed by atoms with Crippen molar-refractivity contribution in [3.63, 3.8) is 0 Å². The Balaban J connectivity index is 2.01. The first-order chi connectivity index (χ1) is 11.5. The van der Waals surface area contributed by atoms with Crippen LogP contribution in [0.15, 0.2) is 59.6 Å². The Kier molecular flexibility index (Phi) is 4.26. The number of fused-ring (bicyclic) bond motifs is 1. The summed E-state index contributed by atoms with van der Waals surface area (Å²) < 4.78 is 38.3. The van der Waals surface area contributed by atoms with Crippen molar-refractivity contribution >= 4 is 26.6 Å². The lowest BCUT2D eigenvalue weighted by atomic mass is 10.2. The lowest BCUT2D eigenvalue weighted by molar-refractivity contribution is 0.347. The van der Waals surface area contributed by atoms with Crippen molar-refractivity contribution in [1.29, 1.82) is 0 Å². The number of anilines is 1. The van der Waals surface area contributed by atoms with E-state index in [-0.39, 0.29) is 10.6 Å². The molecule has 24 heavy (non-hydrogen) atoms. The van der Waals surface area contributed by atoms with Crippen molar-refractivity contribution in [3.8, 4) is 11.5 Å². The largest absolute Gasteiger partial charge is 0.493 e. The van der Waals surface area contributed by atoms with Crippen LogP contribution in [0.4, 0.5) is 5.69 Å². The predicted molar refractivity (Wildman–Crippen MR) is 92.1 cm³/mol. The number of rotatable bonds is 5. The van der Waals surface area contributed by atoms with E-state index in [0.29, 0.717) is 11.4 Å². The maximum Gasteiger partial charge on any atom is 0.265 e. The van der Waals surface area contributed by atoms with Crippen LogP contribution in [0, 0.1) is 0 Å². The number of hydrogen-bond acceptors (Lipinski definition) is 5. The molecule has 3 rings (SSSR count). The maximum absolute atomic E-state index is 12.7. The third-order valence-electron chi connectivity index (χ3n) is 3.50. The zero-order valence-corrected chi connectivity index (χ0v) is 14.0. The van der Waals surface area contributed by atoms with E-state index in [0.717, 1.165) is 10.9 Å². The van der Waals surface area contributed by atoms with E-state index in [9.17, 15) is 8.42 Å². The molecule has 0 bridgehead atoms. The van der Waals surface area contributed by atoms with E-state index in [1.54, 1.807) is 18.2 Å². The van der Waals surface area contributed by atoms with Crippen LogP contribution in [0.2, 0.25) is 0 Å². The van der Waals surface area contributed by atoms with Crippen LogP contribution in [-0.4, -0.2) is 27.6 Å². The average molecular weight is 344 g/mol. The fourth-order valence-corrected chi connectivity index (χ4v) is 3.62. The van der Waals surface area contributed by atoms with Crippen molar-refractivity contribution in [2.45, 2.75) is 4.90 Å². The van der Waals surface area contributed by atoms with E-state index in [4.69, 9.17) is 9.47 Å². The van der Waals surface area contributed by atoms with Gasteiger partial charge in [0.05, 0.1) is 31.6 Å². The molecular weight excluding hydrogens is 328 g/mol. The molecule has 0 aliphatic heterocycles. The number of pyridine rings is 1. The molecule has 0 fully saturated rings. The number of para-hydroxylation sites is 2. The van der Waals surface area contributed by atoms with Gasteiger partial charge in [0.1, 0.15) is 4.90 Å². The van der Waals surface area contributed by atoms with Crippen LogP contribution in [0.1, 0.15) is 0 Å². The molecule has 1 aromatic heterocycles. The highest BCUT2D eigenvalue weighted by molar-refractivity contribution is 7.92. The van der Waals surface area contributed by atoms with Gasteiger partial charge in [-0.2, -0.15) is 0 Å². The zero-order valence-electron chi connectivity index (χ0n) is 13.2. The number of nitrogens with one attached hydrogen (secondary N) is 1. The molecule has 0 unspecified atom stereocenters. The molecule has 124 valence electrons. The van der Waals surface area contributed by atoms with Crippen LogP contribution in [-0.2, 0) is 10.0 Å². The molecule has 0 saturated heterocycles. The van der Waals surface area contributed by atoms with Gasteiger partial charge >= 0.3 is 0 Å². The summed E-state index contributed by atoms with van der Waals surface area (Å²) in [6.45, 7) is 0. The van der Waals surface area contributed by atoms with Gasteiger partial charge in [-0.05, 0) is 24.3 Å². The van der Waals surface area contributed by atoms with Crippen LogP contribution in [0.3, 0.4) is 0 Å². The van der Waals surface area contributed by atoms with E-state index >= 15 is 0 Å². The Labute approximate surface area is 140 Å². The van der Waals surface area contributed by atoms with Gasteiger partial charge in [-0.1, -0.05) is 24.3 Å². The molecule has 0 radical (unpaired) electrons. The van der Waals surface area contributed by atoms with Crippen LogP contribution in [0.5, 0.6) is 11.5 Å². The summed E-state index contributed by atoms with van der Waals surface area (Å²) in [7, 11) is -1.00. The summed E-state index contributed by atoms with van der Waals surface area (Å²) in [5.74, 6) is 0.498. The normalized spacial score (nSPS) is 11.2. The molecule has 0 atom stereocenters. The average Bonchev–Trinajstić information content (AvgIpc) is 2.60. The molecule has 6 nitrogen and oxygen atoms in total. The Bertz CT molecular complexity index is 987. The summed E-state index contributed by atoms with van der Waals surface area (Å²) in [6.07, 6.45) is 1.48. The Morgan fingerprint density at radius 2 is 1.79 bits per heavy atom. The van der Waals surface area contributed by atoms with Crippen molar-refractivity contribution < 1.29 is 17.9 Å². The Morgan fingerprint density at radius 1 is 1.00 bits per heavy atom. The molecule has 0 spiro atoms. The highest BCUT2D eigenvalue weighted by atomic mass is 32.2. The number of benzene rings is 2. The second kappa shape index (κ2) is 6.37. The number of aromatic nitrogens is 1. The summed E-state index contributed by atoms with van der Waals surface area (Å²) >= 11 is 0. The molecule has 0 saturated carbocycles. The fraction of sp³-hybridized carbons (Fsp3) is 0.118. The van der Waals surface area contributed by atoms with Crippen molar-refractivity contribution in [2.75, 3.05) is 18.9 Å². The SMILES string of the molecule is COc1cccc(S(=O)(=O)Nc2cnc3ccccc3c2)c1OC. The van der Waals surface area contributed by atoms with E-state index in [1.165, 1.54) is 26.5 Å². The summed E-state index contributed by atoms with van der Waals surface area (Å²) in [5.41, 5.74) is 1.16.